The Morgan fingerprint density at radius 2 is 1.07 bits per heavy atom. The summed E-state index contributed by atoms with van der Waals surface area (Å²) in [5.74, 6) is 2.87. The number of ether oxygens (including phenoxy) is 4. The van der Waals surface area contributed by atoms with Crippen LogP contribution in [0.3, 0.4) is 0 Å². The van der Waals surface area contributed by atoms with Crippen LogP contribution in [0, 0.1) is 0 Å². The van der Waals surface area contributed by atoms with Crippen molar-refractivity contribution in [3.05, 3.63) is 48.5 Å². The first-order chi connectivity index (χ1) is 14.2. The maximum Gasteiger partial charge on any atom is 0.130 e. The van der Waals surface area contributed by atoms with Gasteiger partial charge in [-0.2, -0.15) is 0 Å². The van der Waals surface area contributed by atoms with Gasteiger partial charge in [0.05, 0.1) is 44.3 Å². The Morgan fingerprint density at radius 3 is 1.55 bits per heavy atom. The number of hydrogen-bond donors (Lipinski definition) is 0. The van der Waals surface area contributed by atoms with Gasteiger partial charge in [-0.25, -0.2) is 0 Å². The highest BCUT2D eigenvalue weighted by atomic mass is 32.1. The van der Waals surface area contributed by atoms with Crippen LogP contribution in [-0.4, -0.2) is 38.0 Å². The minimum Gasteiger partial charge on any atom is -0.496 e. The molecule has 0 aliphatic rings. The number of rotatable bonds is 6. The smallest absolute Gasteiger partial charge is 0.130 e. The van der Waals surface area contributed by atoms with E-state index in [1.165, 1.54) is 11.5 Å². The largest absolute Gasteiger partial charge is 0.496 e. The van der Waals surface area contributed by atoms with E-state index in [4.69, 9.17) is 18.9 Å². The third-order valence-electron chi connectivity index (χ3n) is 4.80. The standard InChI is InChI=1S/C22H20N2O4S/c1-25-15-7-5-8-16(26-2)19(15)13-11-12-14(22-21(13)23-24-29-22)20-17(27-3)9-6-10-18(20)28-4/h5-12H,1-4H3. The quantitative estimate of drug-likeness (QED) is 0.444. The lowest BCUT2D eigenvalue weighted by molar-refractivity contribution is 0.397. The zero-order valence-electron chi connectivity index (χ0n) is 16.6. The van der Waals surface area contributed by atoms with Gasteiger partial charge in [-0.1, -0.05) is 28.8 Å². The molecule has 1 heterocycles. The summed E-state index contributed by atoms with van der Waals surface area (Å²) in [4.78, 5) is 0. The van der Waals surface area contributed by atoms with Gasteiger partial charge in [-0.3, -0.25) is 0 Å². The molecule has 0 atom stereocenters. The number of aromatic nitrogens is 2. The normalized spacial score (nSPS) is 10.8. The second-order valence-electron chi connectivity index (χ2n) is 6.19. The number of nitrogens with zero attached hydrogens (tertiary/aromatic N) is 2. The van der Waals surface area contributed by atoms with E-state index in [-0.39, 0.29) is 0 Å². The molecule has 1 aromatic heterocycles. The molecule has 6 nitrogen and oxygen atoms in total. The lowest BCUT2D eigenvalue weighted by Gasteiger charge is -2.16. The van der Waals surface area contributed by atoms with E-state index < -0.39 is 0 Å². The van der Waals surface area contributed by atoms with E-state index in [0.717, 1.165) is 44.0 Å². The van der Waals surface area contributed by atoms with Crippen molar-refractivity contribution in [1.82, 2.24) is 9.59 Å². The summed E-state index contributed by atoms with van der Waals surface area (Å²) in [5.41, 5.74) is 4.31. The molecule has 0 N–H and O–H groups in total. The van der Waals surface area contributed by atoms with E-state index in [2.05, 4.69) is 9.59 Å². The summed E-state index contributed by atoms with van der Waals surface area (Å²) < 4.78 is 27.5. The Balaban J connectivity index is 2.02. The molecule has 0 unspecified atom stereocenters. The lowest BCUT2D eigenvalue weighted by Crippen LogP contribution is -1.95. The van der Waals surface area contributed by atoms with E-state index in [1.54, 1.807) is 28.4 Å². The summed E-state index contributed by atoms with van der Waals surface area (Å²) >= 11 is 1.33. The average Bonchev–Trinajstić information content (AvgIpc) is 3.27. The Morgan fingerprint density at radius 1 is 0.621 bits per heavy atom. The van der Waals surface area contributed by atoms with Gasteiger partial charge in [0.25, 0.3) is 0 Å². The summed E-state index contributed by atoms with van der Waals surface area (Å²) in [6.45, 7) is 0. The van der Waals surface area contributed by atoms with Crippen molar-refractivity contribution in [2.24, 2.45) is 0 Å². The summed E-state index contributed by atoms with van der Waals surface area (Å²) in [5, 5.41) is 4.42. The zero-order valence-corrected chi connectivity index (χ0v) is 17.4. The second kappa shape index (κ2) is 7.97. The molecule has 0 spiro atoms. The Kier molecular flexibility index (Phi) is 5.22. The molecule has 0 radical (unpaired) electrons. The monoisotopic (exact) mass is 408 g/mol. The maximum absolute atomic E-state index is 5.60. The fourth-order valence-electron chi connectivity index (χ4n) is 3.50. The summed E-state index contributed by atoms with van der Waals surface area (Å²) in [6.07, 6.45) is 0. The van der Waals surface area contributed by atoms with Crippen molar-refractivity contribution < 1.29 is 18.9 Å². The third kappa shape index (κ3) is 3.13. The van der Waals surface area contributed by atoms with Crippen LogP contribution in [0.15, 0.2) is 48.5 Å². The minimum absolute atomic E-state index is 0.710. The fourth-order valence-corrected chi connectivity index (χ4v) is 4.21. The molecule has 3 aromatic carbocycles. The fraction of sp³-hybridized carbons (Fsp3) is 0.182. The van der Waals surface area contributed by atoms with Gasteiger partial charge in [0.1, 0.15) is 28.5 Å². The average molecular weight is 408 g/mol. The van der Waals surface area contributed by atoms with Gasteiger partial charge in [0.15, 0.2) is 0 Å². The van der Waals surface area contributed by atoms with Crippen LogP contribution >= 0.6 is 11.5 Å². The van der Waals surface area contributed by atoms with E-state index >= 15 is 0 Å². The first-order valence-electron chi connectivity index (χ1n) is 8.91. The molecule has 0 aliphatic heterocycles. The van der Waals surface area contributed by atoms with Crippen LogP contribution in [0.4, 0.5) is 0 Å². The topological polar surface area (TPSA) is 62.7 Å². The SMILES string of the molecule is COc1cccc(OC)c1-c1ccc(-c2c(OC)cccc2OC)c2snnc12. The molecule has 4 aromatic rings. The molecule has 0 saturated heterocycles. The maximum atomic E-state index is 5.60. The molecule has 4 rings (SSSR count). The molecule has 148 valence electrons. The second-order valence-corrected chi connectivity index (χ2v) is 6.94. The van der Waals surface area contributed by atoms with Crippen LogP contribution in [0.2, 0.25) is 0 Å². The van der Waals surface area contributed by atoms with Gasteiger partial charge >= 0.3 is 0 Å². The highest BCUT2D eigenvalue weighted by molar-refractivity contribution is 7.13. The zero-order chi connectivity index (χ0) is 20.4. The Bertz CT molecular complexity index is 1040. The summed E-state index contributed by atoms with van der Waals surface area (Å²) in [6, 6.07) is 15.5. The molecule has 0 amide bonds. The number of benzene rings is 3. The van der Waals surface area contributed by atoms with Gasteiger partial charge in [0, 0.05) is 11.1 Å². The van der Waals surface area contributed by atoms with Crippen molar-refractivity contribution >= 4 is 21.7 Å². The Labute approximate surface area is 172 Å². The van der Waals surface area contributed by atoms with E-state index in [0.29, 0.717) is 11.5 Å². The van der Waals surface area contributed by atoms with Crippen molar-refractivity contribution in [2.45, 2.75) is 0 Å². The first kappa shape index (κ1) is 19.0. The number of methoxy groups -OCH3 is 4. The molecule has 0 saturated carbocycles. The van der Waals surface area contributed by atoms with Crippen LogP contribution in [0.5, 0.6) is 23.0 Å². The lowest BCUT2D eigenvalue weighted by atomic mass is 9.96. The van der Waals surface area contributed by atoms with Crippen LogP contribution in [-0.2, 0) is 0 Å². The van der Waals surface area contributed by atoms with Gasteiger partial charge in [-0.15, -0.1) is 5.10 Å². The molecule has 0 bridgehead atoms. The van der Waals surface area contributed by atoms with Gasteiger partial charge in [0.2, 0.25) is 0 Å². The Hall–Kier alpha value is -3.32. The first-order valence-corrected chi connectivity index (χ1v) is 9.68. The molecule has 0 fully saturated rings. The van der Waals surface area contributed by atoms with E-state index in [1.807, 2.05) is 48.5 Å². The highest BCUT2D eigenvalue weighted by Gasteiger charge is 2.22. The summed E-state index contributed by atoms with van der Waals surface area (Å²) in [7, 11) is 6.58. The van der Waals surface area contributed by atoms with E-state index in [9.17, 15) is 0 Å². The molecule has 29 heavy (non-hydrogen) atoms. The van der Waals surface area contributed by atoms with Crippen molar-refractivity contribution in [3.8, 4) is 45.3 Å². The van der Waals surface area contributed by atoms with Crippen molar-refractivity contribution in [3.63, 3.8) is 0 Å². The molecule has 0 aliphatic carbocycles. The van der Waals surface area contributed by atoms with Crippen LogP contribution in [0.1, 0.15) is 0 Å². The van der Waals surface area contributed by atoms with Gasteiger partial charge < -0.3 is 18.9 Å². The van der Waals surface area contributed by atoms with Gasteiger partial charge in [-0.05, 0) is 35.8 Å². The van der Waals surface area contributed by atoms with Crippen molar-refractivity contribution in [2.75, 3.05) is 28.4 Å². The van der Waals surface area contributed by atoms with Crippen LogP contribution < -0.4 is 18.9 Å². The number of hydrogen-bond acceptors (Lipinski definition) is 7. The highest BCUT2D eigenvalue weighted by Crippen LogP contribution is 2.47. The van der Waals surface area contributed by atoms with Crippen molar-refractivity contribution in [1.29, 1.82) is 0 Å². The minimum atomic E-state index is 0.710. The predicted octanol–water partition coefficient (Wildman–Crippen LogP) is 5.06. The molecule has 7 heteroatoms. The third-order valence-corrected chi connectivity index (χ3v) is 5.56. The molecular weight excluding hydrogens is 388 g/mol. The predicted molar refractivity (Wildman–Crippen MR) is 114 cm³/mol. The molecular formula is C22H20N2O4S. The van der Waals surface area contributed by atoms with Crippen LogP contribution in [0.25, 0.3) is 32.5 Å². The number of fused-ring (bicyclic) bond motifs is 1.